The molecule has 3 bridgehead atoms. The van der Waals surface area contributed by atoms with Crippen LogP contribution in [-0.4, -0.2) is 40.3 Å². The van der Waals surface area contributed by atoms with Crippen LogP contribution in [0.25, 0.3) is 0 Å². The van der Waals surface area contributed by atoms with Crippen molar-refractivity contribution in [3.63, 3.8) is 0 Å². The number of hydrogen-bond acceptors (Lipinski definition) is 3. The van der Waals surface area contributed by atoms with E-state index in [0.717, 1.165) is 18.1 Å². The van der Waals surface area contributed by atoms with Gasteiger partial charge in [-0.15, -0.1) is 11.8 Å². The molecular formula is C9H13NOS. The van der Waals surface area contributed by atoms with Gasteiger partial charge in [-0.25, -0.2) is 0 Å². The van der Waals surface area contributed by atoms with Crippen LogP contribution in [0, 0.1) is 0 Å². The number of likely N-dealkylation sites (N-methyl/N-ethyl adjacent to an activating group) is 1. The highest BCUT2D eigenvalue weighted by atomic mass is 32.2. The highest BCUT2D eigenvalue weighted by molar-refractivity contribution is 8.01. The van der Waals surface area contributed by atoms with Crippen LogP contribution in [0.15, 0.2) is 0 Å². The van der Waals surface area contributed by atoms with E-state index >= 15 is 0 Å². The third kappa shape index (κ3) is 0.740. The molecule has 3 rings (SSSR count). The molecule has 0 aromatic rings. The molecule has 3 fully saturated rings. The Morgan fingerprint density at radius 3 is 3.17 bits per heavy atom. The normalized spacial score (nSPS) is 51.9. The number of carbonyl (C=O) groups excluding carboxylic acids is 1. The molecule has 66 valence electrons. The minimum Gasteiger partial charge on any atom is -0.297 e. The number of carbonyl (C=O) groups is 1. The van der Waals surface area contributed by atoms with Crippen LogP contribution in [0.1, 0.15) is 19.3 Å². The van der Waals surface area contributed by atoms with Gasteiger partial charge in [-0.1, -0.05) is 0 Å². The molecule has 3 saturated heterocycles. The number of likely N-dealkylation sites (tertiary alicyclic amines) is 1. The lowest BCUT2D eigenvalue weighted by atomic mass is 9.98. The first-order valence-corrected chi connectivity index (χ1v) is 5.63. The van der Waals surface area contributed by atoms with Crippen LogP contribution in [0.2, 0.25) is 0 Å². The average molecular weight is 183 g/mol. The van der Waals surface area contributed by atoms with Gasteiger partial charge >= 0.3 is 0 Å². The van der Waals surface area contributed by atoms with E-state index in [1.165, 1.54) is 6.42 Å². The molecule has 3 aliphatic heterocycles. The summed E-state index contributed by atoms with van der Waals surface area (Å²) in [6.45, 7) is 0. The van der Waals surface area contributed by atoms with Gasteiger partial charge in [0.05, 0.1) is 11.3 Å². The first-order chi connectivity index (χ1) is 5.77. The molecule has 0 aromatic heterocycles. The first-order valence-electron chi connectivity index (χ1n) is 4.68. The molecule has 4 unspecified atom stereocenters. The van der Waals surface area contributed by atoms with Crippen molar-refractivity contribution in [2.75, 3.05) is 7.05 Å². The Morgan fingerprint density at radius 2 is 2.33 bits per heavy atom. The highest BCUT2D eigenvalue weighted by Crippen LogP contribution is 2.48. The van der Waals surface area contributed by atoms with Gasteiger partial charge in [-0.3, -0.25) is 9.69 Å². The summed E-state index contributed by atoms with van der Waals surface area (Å²) in [6.07, 6.45) is 3.51. The summed E-state index contributed by atoms with van der Waals surface area (Å²) in [5.74, 6) is 0.513. The lowest BCUT2D eigenvalue weighted by Gasteiger charge is -2.31. The molecular weight excluding hydrogens is 170 g/mol. The van der Waals surface area contributed by atoms with Crippen LogP contribution in [-0.2, 0) is 4.79 Å². The zero-order valence-corrected chi connectivity index (χ0v) is 8.01. The average Bonchev–Trinajstić information content (AvgIpc) is 2.33. The van der Waals surface area contributed by atoms with E-state index in [1.807, 2.05) is 11.8 Å². The minimum absolute atomic E-state index is 0.286. The zero-order chi connectivity index (χ0) is 8.29. The van der Waals surface area contributed by atoms with E-state index in [2.05, 4.69) is 11.9 Å². The number of thioether (sulfide) groups is 1. The Bertz CT molecular complexity index is 241. The summed E-state index contributed by atoms with van der Waals surface area (Å²) >= 11 is 1.94. The summed E-state index contributed by atoms with van der Waals surface area (Å²) in [5, 5.41) is 1.13. The Hall–Kier alpha value is -0.0200. The van der Waals surface area contributed by atoms with Crippen molar-refractivity contribution in [1.29, 1.82) is 0 Å². The molecule has 0 radical (unpaired) electrons. The summed E-state index contributed by atoms with van der Waals surface area (Å²) < 4.78 is 0. The number of fused-ring (bicyclic) bond motifs is 2. The van der Waals surface area contributed by atoms with Crippen LogP contribution in [0.5, 0.6) is 0 Å². The molecule has 12 heavy (non-hydrogen) atoms. The van der Waals surface area contributed by atoms with Gasteiger partial charge < -0.3 is 0 Å². The van der Waals surface area contributed by atoms with Crippen molar-refractivity contribution in [2.24, 2.45) is 0 Å². The van der Waals surface area contributed by atoms with E-state index in [0.29, 0.717) is 17.1 Å². The first kappa shape index (κ1) is 7.39. The van der Waals surface area contributed by atoms with Crippen LogP contribution >= 0.6 is 11.8 Å². The van der Waals surface area contributed by atoms with Gasteiger partial charge in [0.15, 0.2) is 5.78 Å². The number of rotatable bonds is 0. The molecule has 3 heteroatoms. The summed E-state index contributed by atoms with van der Waals surface area (Å²) in [6, 6.07) is 0.997. The predicted octanol–water partition coefficient (Wildman–Crippen LogP) is 0.906. The Morgan fingerprint density at radius 1 is 1.50 bits per heavy atom. The quantitative estimate of drug-likeness (QED) is 0.556. The molecule has 0 aromatic carbocycles. The molecule has 0 N–H and O–H groups in total. The predicted molar refractivity (Wildman–Crippen MR) is 49.4 cm³/mol. The maximum atomic E-state index is 11.8. The summed E-state index contributed by atoms with van der Waals surface area (Å²) in [7, 11) is 2.13. The summed E-state index contributed by atoms with van der Waals surface area (Å²) in [5.41, 5.74) is 0. The van der Waals surface area contributed by atoms with Gasteiger partial charge in [-0.05, 0) is 26.3 Å². The SMILES string of the molecule is CN1C2CC3SC(CCC31)C2=O. The fraction of sp³-hybridized carbons (Fsp3) is 0.889. The van der Waals surface area contributed by atoms with E-state index in [-0.39, 0.29) is 6.04 Å². The Kier molecular flexibility index (Phi) is 1.39. The monoisotopic (exact) mass is 183 g/mol. The molecule has 3 aliphatic rings. The number of ketones is 1. The lowest BCUT2D eigenvalue weighted by molar-refractivity contribution is -0.122. The van der Waals surface area contributed by atoms with Crippen molar-refractivity contribution < 1.29 is 4.79 Å². The van der Waals surface area contributed by atoms with Crippen molar-refractivity contribution >= 4 is 17.5 Å². The Labute approximate surface area is 76.7 Å². The molecule has 2 nitrogen and oxygen atoms in total. The van der Waals surface area contributed by atoms with Crippen LogP contribution < -0.4 is 0 Å². The van der Waals surface area contributed by atoms with Gasteiger partial charge in [-0.2, -0.15) is 0 Å². The van der Waals surface area contributed by atoms with Gasteiger partial charge in [0.2, 0.25) is 0 Å². The van der Waals surface area contributed by atoms with Crippen molar-refractivity contribution in [3.05, 3.63) is 0 Å². The van der Waals surface area contributed by atoms with Crippen molar-refractivity contribution in [1.82, 2.24) is 4.90 Å². The maximum Gasteiger partial charge on any atom is 0.162 e. The molecule has 0 spiro atoms. The number of Topliss-reactive ketones (excluding diaryl/α,β-unsaturated/α-hetero) is 1. The third-order valence-corrected chi connectivity index (χ3v) is 5.26. The molecule has 0 saturated carbocycles. The molecule has 0 amide bonds. The molecule has 0 aliphatic carbocycles. The van der Waals surface area contributed by atoms with Gasteiger partial charge in [0.1, 0.15) is 0 Å². The second kappa shape index (κ2) is 2.26. The standard InChI is InChI=1S/C9H13NOS/c1-10-5-2-3-7-9(11)6(10)4-8(5)12-7/h5-8H,2-4H2,1H3. The zero-order valence-electron chi connectivity index (χ0n) is 7.19. The largest absolute Gasteiger partial charge is 0.297 e. The summed E-state index contributed by atoms with van der Waals surface area (Å²) in [4.78, 5) is 14.1. The maximum absolute atomic E-state index is 11.8. The van der Waals surface area contributed by atoms with E-state index in [9.17, 15) is 4.79 Å². The van der Waals surface area contributed by atoms with E-state index < -0.39 is 0 Å². The third-order valence-electron chi connectivity index (χ3n) is 3.61. The highest BCUT2D eigenvalue weighted by Gasteiger charge is 2.52. The van der Waals surface area contributed by atoms with E-state index in [4.69, 9.17) is 0 Å². The van der Waals surface area contributed by atoms with Crippen LogP contribution in [0.3, 0.4) is 0 Å². The number of nitrogens with zero attached hydrogens (tertiary/aromatic N) is 1. The van der Waals surface area contributed by atoms with Gasteiger partial charge in [0.25, 0.3) is 0 Å². The van der Waals surface area contributed by atoms with Crippen molar-refractivity contribution in [3.8, 4) is 0 Å². The van der Waals surface area contributed by atoms with Crippen LogP contribution in [0.4, 0.5) is 0 Å². The fourth-order valence-corrected chi connectivity index (χ4v) is 4.70. The van der Waals surface area contributed by atoms with Crippen molar-refractivity contribution in [2.45, 2.75) is 41.8 Å². The lowest BCUT2D eigenvalue weighted by Crippen LogP contribution is -2.38. The number of hydrogen-bond donors (Lipinski definition) is 0. The van der Waals surface area contributed by atoms with E-state index in [1.54, 1.807) is 0 Å². The smallest absolute Gasteiger partial charge is 0.162 e. The fourth-order valence-electron chi connectivity index (χ4n) is 2.91. The Balaban J connectivity index is 2.04. The van der Waals surface area contributed by atoms with Gasteiger partial charge in [0, 0.05) is 11.3 Å². The topological polar surface area (TPSA) is 20.3 Å². The molecule has 4 atom stereocenters. The minimum atomic E-state index is 0.286. The molecule has 3 heterocycles. The second-order valence-electron chi connectivity index (χ2n) is 4.13. The second-order valence-corrected chi connectivity index (χ2v) is 5.57.